The lowest BCUT2D eigenvalue weighted by Crippen LogP contribution is -2.14. The van der Waals surface area contributed by atoms with Gasteiger partial charge in [-0.15, -0.1) is 0 Å². The minimum absolute atomic E-state index is 0.0912. The molecule has 2 aromatic rings. The fourth-order valence-corrected chi connectivity index (χ4v) is 2.63. The smallest absolute Gasteiger partial charge is 0.0393 e. The van der Waals surface area contributed by atoms with E-state index in [9.17, 15) is 0 Å². The van der Waals surface area contributed by atoms with Crippen LogP contribution in [0.5, 0.6) is 0 Å². The number of hydrogen-bond donors (Lipinski definition) is 1. The summed E-state index contributed by atoms with van der Waals surface area (Å²) in [6.07, 6.45) is 3.72. The minimum atomic E-state index is 0.0912. The third-order valence-electron chi connectivity index (χ3n) is 2.72. The van der Waals surface area contributed by atoms with Crippen LogP contribution in [-0.2, 0) is 0 Å². The van der Waals surface area contributed by atoms with Gasteiger partial charge in [-0.05, 0) is 22.3 Å². The van der Waals surface area contributed by atoms with Crippen LogP contribution in [0.25, 0.3) is 10.8 Å². The molecule has 1 aromatic carbocycles. The third kappa shape index (κ3) is 2.99. The molecule has 2 N–H and O–H groups in total. The van der Waals surface area contributed by atoms with Crippen LogP contribution >= 0.6 is 11.8 Å². The fourth-order valence-electron chi connectivity index (χ4n) is 1.86. The van der Waals surface area contributed by atoms with Crippen molar-refractivity contribution in [2.24, 2.45) is 5.73 Å². The number of hydrogen-bond acceptors (Lipinski definition) is 3. The van der Waals surface area contributed by atoms with Gasteiger partial charge in [-0.3, -0.25) is 4.98 Å². The third-order valence-corrected chi connectivity index (χ3v) is 3.94. The Balaban J connectivity index is 2.28. The molecule has 2 nitrogen and oxygen atoms in total. The van der Waals surface area contributed by atoms with Crippen molar-refractivity contribution >= 4 is 22.5 Å². The molecule has 0 radical (unpaired) electrons. The summed E-state index contributed by atoms with van der Waals surface area (Å²) in [6.45, 7) is 4.40. The first kappa shape index (κ1) is 12.4. The highest BCUT2D eigenvalue weighted by atomic mass is 32.2. The molecule has 0 saturated heterocycles. The van der Waals surface area contributed by atoms with Crippen LogP contribution in [0.1, 0.15) is 25.5 Å². The van der Waals surface area contributed by atoms with Crippen molar-refractivity contribution < 1.29 is 0 Å². The summed E-state index contributed by atoms with van der Waals surface area (Å²) in [7, 11) is 0. The summed E-state index contributed by atoms with van der Waals surface area (Å²) in [5.74, 6) is 0.957. The Hall–Kier alpha value is -1.06. The summed E-state index contributed by atoms with van der Waals surface area (Å²) in [5.41, 5.74) is 7.49. The Labute approximate surface area is 107 Å². The number of nitrogens with two attached hydrogens (primary N) is 1. The molecular formula is C14H18N2S. The van der Waals surface area contributed by atoms with Gasteiger partial charge in [0.25, 0.3) is 0 Å². The number of pyridine rings is 1. The van der Waals surface area contributed by atoms with Gasteiger partial charge in [0.15, 0.2) is 0 Å². The van der Waals surface area contributed by atoms with Crippen molar-refractivity contribution in [1.82, 2.24) is 4.98 Å². The summed E-state index contributed by atoms with van der Waals surface area (Å²) in [6, 6.07) is 8.39. The van der Waals surface area contributed by atoms with Gasteiger partial charge in [0, 0.05) is 29.6 Å². The molecule has 1 unspecified atom stereocenters. The minimum Gasteiger partial charge on any atom is -0.323 e. The van der Waals surface area contributed by atoms with Gasteiger partial charge in [0.2, 0.25) is 0 Å². The van der Waals surface area contributed by atoms with Crippen LogP contribution in [0.4, 0.5) is 0 Å². The number of aromatic nitrogens is 1. The second-order valence-corrected chi connectivity index (χ2v) is 6.04. The van der Waals surface area contributed by atoms with E-state index in [1.54, 1.807) is 0 Å². The molecule has 0 fully saturated rings. The Morgan fingerprint density at radius 2 is 2.12 bits per heavy atom. The SMILES string of the molecule is CC(C)SCC(N)c1cccc2cnccc12. The summed E-state index contributed by atoms with van der Waals surface area (Å²) < 4.78 is 0. The van der Waals surface area contributed by atoms with Gasteiger partial charge in [0.1, 0.15) is 0 Å². The van der Waals surface area contributed by atoms with E-state index in [4.69, 9.17) is 5.73 Å². The van der Waals surface area contributed by atoms with Crippen molar-refractivity contribution in [3.8, 4) is 0 Å². The number of thioether (sulfide) groups is 1. The van der Waals surface area contributed by atoms with Crippen LogP contribution in [-0.4, -0.2) is 16.0 Å². The highest BCUT2D eigenvalue weighted by Gasteiger charge is 2.10. The van der Waals surface area contributed by atoms with Crippen molar-refractivity contribution in [2.75, 3.05) is 5.75 Å². The predicted molar refractivity (Wildman–Crippen MR) is 76.3 cm³/mol. The molecule has 0 aliphatic rings. The second kappa shape index (κ2) is 5.52. The predicted octanol–water partition coefficient (Wildman–Crippen LogP) is 3.38. The molecule has 0 aliphatic heterocycles. The van der Waals surface area contributed by atoms with E-state index in [0.717, 1.165) is 11.1 Å². The number of rotatable bonds is 4. The van der Waals surface area contributed by atoms with Gasteiger partial charge in [-0.2, -0.15) is 11.8 Å². The second-order valence-electron chi connectivity index (χ2n) is 4.43. The monoisotopic (exact) mass is 246 g/mol. The molecule has 0 aliphatic carbocycles. The van der Waals surface area contributed by atoms with Gasteiger partial charge < -0.3 is 5.73 Å². The van der Waals surface area contributed by atoms with E-state index in [1.165, 1.54) is 10.9 Å². The maximum atomic E-state index is 6.27. The number of benzene rings is 1. The summed E-state index contributed by atoms with van der Waals surface area (Å²) >= 11 is 1.90. The van der Waals surface area contributed by atoms with E-state index in [2.05, 4.69) is 37.0 Å². The normalized spacial score (nSPS) is 13.2. The lowest BCUT2D eigenvalue weighted by Gasteiger charge is -2.15. The van der Waals surface area contributed by atoms with Gasteiger partial charge in [-0.1, -0.05) is 32.0 Å². The molecule has 3 heteroatoms. The molecule has 17 heavy (non-hydrogen) atoms. The van der Waals surface area contributed by atoms with Crippen LogP contribution in [0, 0.1) is 0 Å². The molecular weight excluding hydrogens is 228 g/mol. The highest BCUT2D eigenvalue weighted by molar-refractivity contribution is 7.99. The zero-order valence-corrected chi connectivity index (χ0v) is 11.1. The zero-order chi connectivity index (χ0) is 12.3. The molecule has 0 amide bonds. The quantitative estimate of drug-likeness (QED) is 0.899. The van der Waals surface area contributed by atoms with Gasteiger partial charge in [-0.25, -0.2) is 0 Å². The van der Waals surface area contributed by atoms with E-state index < -0.39 is 0 Å². The van der Waals surface area contributed by atoms with Crippen LogP contribution in [0.3, 0.4) is 0 Å². The Bertz CT molecular complexity index is 491. The first-order chi connectivity index (χ1) is 8.18. The standard InChI is InChI=1S/C14H18N2S/c1-10(2)17-9-14(15)13-5-3-4-11-8-16-7-6-12(11)13/h3-8,10,14H,9,15H2,1-2H3. The lowest BCUT2D eigenvalue weighted by molar-refractivity contribution is 0.837. The highest BCUT2D eigenvalue weighted by Crippen LogP contribution is 2.25. The van der Waals surface area contributed by atoms with Gasteiger partial charge >= 0.3 is 0 Å². The largest absolute Gasteiger partial charge is 0.323 e. The lowest BCUT2D eigenvalue weighted by atomic mass is 10.0. The average Bonchev–Trinajstić information content (AvgIpc) is 2.35. The number of nitrogens with zero attached hydrogens (tertiary/aromatic N) is 1. The first-order valence-electron chi connectivity index (χ1n) is 5.88. The molecule has 1 aromatic heterocycles. The number of fused-ring (bicyclic) bond motifs is 1. The molecule has 0 bridgehead atoms. The summed E-state index contributed by atoms with van der Waals surface area (Å²) in [5, 5.41) is 3.01. The fraction of sp³-hybridized carbons (Fsp3) is 0.357. The molecule has 1 heterocycles. The van der Waals surface area contributed by atoms with Crippen LogP contribution < -0.4 is 5.73 Å². The molecule has 2 rings (SSSR count). The van der Waals surface area contributed by atoms with Gasteiger partial charge in [0.05, 0.1) is 0 Å². The van der Waals surface area contributed by atoms with E-state index in [1.807, 2.05) is 30.2 Å². The van der Waals surface area contributed by atoms with Crippen LogP contribution in [0.15, 0.2) is 36.7 Å². The Kier molecular flexibility index (Phi) is 4.02. The molecule has 90 valence electrons. The first-order valence-corrected chi connectivity index (χ1v) is 6.93. The molecule has 0 spiro atoms. The maximum absolute atomic E-state index is 6.27. The Morgan fingerprint density at radius 3 is 2.88 bits per heavy atom. The van der Waals surface area contributed by atoms with Crippen molar-refractivity contribution in [1.29, 1.82) is 0 Å². The maximum Gasteiger partial charge on any atom is 0.0393 e. The van der Waals surface area contributed by atoms with Crippen molar-refractivity contribution in [3.63, 3.8) is 0 Å². The Morgan fingerprint density at radius 1 is 1.29 bits per heavy atom. The van der Waals surface area contributed by atoms with E-state index in [0.29, 0.717) is 5.25 Å². The van der Waals surface area contributed by atoms with Crippen molar-refractivity contribution in [3.05, 3.63) is 42.2 Å². The van der Waals surface area contributed by atoms with Crippen LogP contribution in [0.2, 0.25) is 0 Å². The summed E-state index contributed by atoms with van der Waals surface area (Å²) in [4.78, 5) is 4.14. The average molecular weight is 246 g/mol. The van der Waals surface area contributed by atoms with E-state index >= 15 is 0 Å². The molecule has 1 atom stereocenters. The topological polar surface area (TPSA) is 38.9 Å². The zero-order valence-electron chi connectivity index (χ0n) is 10.3. The van der Waals surface area contributed by atoms with E-state index in [-0.39, 0.29) is 6.04 Å². The molecule has 0 saturated carbocycles. The van der Waals surface area contributed by atoms with Crippen molar-refractivity contribution in [2.45, 2.75) is 25.1 Å².